The number of aliphatic carboxylic acids is 1. The molecule has 1 amide bonds. The van der Waals surface area contributed by atoms with Gasteiger partial charge in [-0.3, -0.25) is 14.4 Å². The fraction of sp³-hybridized carbons (Fsp3) is 0.417. The van der Waals surface area contributed by atoms with Gasteiger partial charge in [-0.2, -0.15) is 0 Å². The highest BCUT2D eigenvalue weighted by molar-refractivity contribution is 5.75. The van der Waals surface area contributed by atoms with Crippen LogP contribution in [0.15, 0.2) is 16.9 Å². The molecule has 1 aromatic rings. The molecule has 0 atom stereocenters. The molecule has 1 aromatic heterocycles. The minimum absolute atomic E-state index is 0.0154. The highest BCUT2D eigenvalue weighted by Gasteiger charge is 2.08. The summed E-state index contributed by atoms with van der Waals surface area (Å²) in [6.45, 7) is 1.70. The number of rotatable bonds is 6. The maximum atomic E-state index is 11.6. The van der Waals surface area contributed by atoms with E-state index in [4.69, 9.17) is 5.11 Å². The Morgan fingerprint density at radius 3 is 2.63 bits per heavy atom. The van der Waals surface area contributed by atoms with Crippen molar-refractivity contribution in [2.24, 2.45) is 0 Å². The van der Waals surface area contributed by atoms with Crippen LogP contribution < -0.4 is 10.9 Å². The van der Waals surface area contributed by atoms with Crippen LogP contribution in [0.4, 0.5) is 0 Å². The molecule has 0 bridgehead atoms. The molecule has 0 fully saturated rings. The molecule has 0 spiro atoms. The summed E-state index contributed by atoms with van der Waals surface area (Å²) in [4.78, 5) is 33.4. The summed E-state index contributed by atoms with van der Waals surface area (Å²) < 4.78 is 1.23. The van der Waals surface area contributed by atoms with Crippen molar-refractivity contribution in [2.45, 2.75) is 26.3 Å². The number of amides is 1. The Hall–Kier alpha value is -2.31. The Labute approximate surface area is 109 Å². The van der Waals surface area contributed by atoms with Gasteiger partial charge in [0.2, 0.25) is 5.91 Å². The van der Waals surface area contributed by atoms with Crippen LogP contribution in [0.2, 0.25) is 0 Å². The number of hydrogen-bond donors (Lipinski definition) is 3. The van der Waals surface area contributed by atoms with Gasteiger partial charge in [-0.05, 0) is 19.4 Å². The molecule has 7 nitrogen and oxygen atoms in total. The molecule has 3 N–H and O–H groups in total. The average Bonchev–Trinajstić information content (AvgIpc) is 2.29. The van der Waals surface area contributed by atoms with Crippen LogP contribution in [0.3, 0.4) is 0 Å². The van der Waals surface area contributed by atoms with E-state index in [0.717, 1.165) is 6.07 Å². The van der Waals surface area contributed by atoms with Gasteiger partial charge in [0.25, 0.3) is 5.56 Å². The van der Waals surface area contributed by atoms with Crippen molar-refractivity contribution in [1.82, 2.24) is 9.88 Å². The van der Waals surface area contributed by atoms with Crippen LogP contribution in [0.5, 0.6) is 5.75 Å². The highest BCUT2D eigenvalue weighted by Crippen LogP contribution is 2.06. The van der Waals surface area contributed by atoms with Crippen LogP contribution in [-0.2, 0) is 16.1 Å². The number of hydrogen-bond acceptors (Lipinski definition) is 4. The lowest BCUT2D eigenvalue weighted by Gasteiger charge is -2.10. The van der Waals surface area contributed by atoms with Gasteiger partial charge in [-0.1, -0.05) is 0 Å². The highest BCUT2D eigenvalue weighted by atomic mass is 16.4. The third-order valence-electron chi connectivity index (χ3n) is 2.51. The van der Waals surface area contributed by atoms with Gasteiger partial charge in [0, 0.05) is 24.7 Å². The van der Waals surface area contributed by atoms with E-state index >= 15 is 0 Å². The molecule has 0 aliphatic heterocycles. The fourth-order valence-electron chi connectivity index (χ4n) is 1.58. The molecule has 7 heteroatoms. The SMILES string of the molecule is Cc1cc(O)cc(=O)n1CC(=O)NCCCC(=O)O. The second-order valence-corrected chi connectivity index (χ2v) is 4.13. The van der Waals surface area contributed by atoms with Gasteiger partial charge < -0.3 is 20.1 Å². The Morgan fingerprint density at radius 2 is 2.05 bits per heavy atom. The predicted molar refractivity (Wildman–Crippen MR) is 67.0 cm³/mol. The van der Waals surface area contributed by atoms with Gasteiger partial charge in [0.05, 0.1) is 0 Å². The monoisotopic (exact) mass is 268 g/mol. The fourth-order valence-corrected chi connectivity index (χ4v) is 1.58. The molecule has 19 heavy (non-hydrogen) atoms. The molecule has 1 rings (SSSR count). The first-order chi connectivity index (χ1) is 8.90. The van der Waals surface area contributed by atoms with Crippen molar-refractivity contribution in [2.75, 3.05) is 6.54 Å². The summed E-state index contributed by atoms with van der Waals surface area (Å²) >= 11 is 0. The number of nitrogens with one attached hydrogen (secondary N) is 1. The Morgan fingerprint density at radius 1 is 1.37 bits per heavy atom. The van der Waals surface area contributed by atoms with E-state index in [1.807, 2.05) is 0 Å². The maximum Gasteiger partial charge on any atom is 0.303 e. The van der Waals surface area contributed by atoms with Crippen molar-refractivity contribution in [3.8, 4) is 5.75 Å². The molecular formula is C12H16N2O5. The van der Waals surface area contributed by atoms with Crippen LogP contribution >= 0.6 is 0 Å². The van der Waals surface area contributed by atoms with Gasteiger partial charge >= 0.3 is 5.97 Å². The second-order valence-electron chi connectivity index (χ2n) is 4.13. The molecule has 0 unspecified atom stereocenters. The quantitative estimate of drug-likeness (QED) is 0.621. The van der Waals surface area contributed by atoms with Gasteiger partial charge in [-0.15, -0.1) is 0 Å². The zero-order valence-corrected chi connectivity index (χ0v) is 10.5. The molecule has 0 saturated heterocycles. The largest absolute Gasteiger partial charge is 0.508 e. The molecule has 1 heterocycles. The Bertz CT molecular complexity index is 535. The van der Waals surface area contributed by atoms with E-state index in [1.54, 1.807) is 6.92 Å². The standard InChI is InChI=1S/C12H16N2O5/c1-8-5-9(15)6-11(17)14(8)7-10(16)13-4-2-3-12(18)19/h5-6,15H,2-4,7H2,1H3,(H,13,16)(H,18,19). The molecule has 104 valence electrons. The van der Waals surface area contributed by atoms with Gasteiger partial charge in [0.1, 0.15) is 12.3 Å². The first kappa shape index (κ1) is 14.7. The van der Waals surface area contributed by atoms with Crippen LogP contribution in [0, 0.1) is 6.92 Å². The lowest BCUT2D eigenvalue weighted by Crippen LogP contribution is -2.33. The van der Waals surface area contributed by atoms with Crippen LogP contribution in [0.25, 0.3) is 0 Å². The van der Waals surface area contributed by atoms with E-state index in [2.05, 4.69) is 5.32 Å². The van der Waals surface area contributed by atoms with Crippen molar-refractivity contribution in [1.29, 1.82) is 0 Å². The van der Waals surface area contributed by atoms with Crippen molar-refractivity contribution in [3.05, 3.63) is 28.2 Å². The van der Waals surface area contributed by atoms with Gasteiger partial charge in [0.15, 0.2) is 0 Å². The summed E-state index contributed by atoms with van der Waals surface area (Å²) in [5, 5.41) is 20.2. The number of nitrogens with zero attached hydrogens (tertiary/aromatic N) is 1. The average molecular weight is 268 g/mol. The number of aromatic hydroxyl groups is 1. The third kappa shape index (κ3) is 4.82. The third-order valence-corrected chi connectivity index (χ3v) is 2.51. The second kappa shape index (κ2) is 6.58. The number of aryl methyl sites for hydroxylation is 1. The number of carbonyl (C=O) groups excluding carboxylic acids is 1. The lowest BCUT2D eigenvalue weighted by atomic mass is 10.3. The van der Waals surface area contributed by atoms with E-state index in [-0.39, 0.29) is 31.2 Å². The smallest absolute Gasteiger partial charge is 0.303 e. The minimum atomic E-state index is -0.917. The number of carbonyl (C=O) groups is 2. The summed E-state index contributed by atoms with van der Waals surface area (Å²) in [6, 6.07) is 2.42. The van der Waals surface area contributed by atoms with E-state index in [1.165, 1.54) is 10.6 Å². The van der Waals surface area contributed by atoms with E-state index < -0.39 is 11.5 Å². The number of pyridine rings is 1. The maximum absolute atomic E-state index is 11.6. The van der Waals surface area contributed by atoms with E-state index in [0.29, 0.717) is 12.1 Å². The van der Waals surface area contributed by atoms with E-state index in [9.17, 15) is 19.5 Å². The summed E-state index contributed by atoms with van der Waals surface area (Å²) in [7, 11) is 0. The zero-order chi connectivity index (χ0) is 14.4. The summed E-state index contributed by atoms with van der Waals surface area (Å²) in [5.41, 5.74) is 0.0175. The Kier molecular flexibility index (Phi) is 5.11. The van der Waals surface area contributed by atoms with Crippen molar-refractivity contribution < 1.29 is 19.8 Å². The molecule has 0 aromatic carbocycles. The molecule has 0 saturated carbocycles. The number of carboxylic acids is 1. The minimum Gasteiger partial charge on any atom is -0.508 e. The summed E-state index contributed by atoms with van der Waals surface area (Å²) in [5.74, 6) is -1.43. The first-order valence-electron chi connectivity index (χ1n) is 5.79. The zero-order valence-electron chi connectivity index (χ0n) is 10.5. The lowest BCUT2D eigenvalue weighted by molar-refractivity contribution is -0.137. The summed E-state index contributed by atoms with van der Waals surface area (Å²) in [6.07, 6.45) is 0.322. The number of aromatic nitrogens is 1. The molecule has 0 aliphatic rings. The molecule has 0 radical (unpaired) electrons. The van der Waals surface area contributed by atoms with Gasteiger partial charge in [-0.25, -0.2) is 0 Å². The topological polar surface area (TPSA) is 109 Å². The Balaban J connectivity index is 2.53. The normalized spacial score (nSPS) is 10.2. The van der Waals surface area contributed by atoms with Crippen LogP contribution in [0.1, 0.15) is 18.5 Å². The van der Waals surface area contributed by atoms with Crippen LogP contribution in [-0.4, -0.2) is 33.2 Å². The molecule has 0 aliphatic carbocycles. The molecular weight excluding hydrogens is 252 g/mol. The number of carboxylic acid groups (broad SMARTS) is 1. The predicted octanol–water partition coefficient (Wildman–Crippen LogP) is -0.157. The van der Waals surface area contributed by atoms with Crippen molar-refractivity contribution in [3.63, 3.8) is 0 Å². The van der Waals surface area contributed by atoms with Crippen molar-refractivity contribution >= 4 is 11.9 Å². The first-order valence-corrected chi connectivity index (χ1v) is 5.79.